The standard InChI is InChI=1S/C33H37N3O3/c1-25(2)36(33(38)29-17-15-26(3)16-18-29)24-32(37)35(21-27-10-6-5-7-11-27)23-30-13-9-19-34(30)22-28-12-8-14-31(20-28)39-4/h5-20,25H,21-24H2,1-4H3. The molecule has 4 aromatic rings. The van der Waals surface area contributed by atoms with E-state index in [1.54, 1.807) is 12.0 Å². The normalized spacial score (nSPS) is 10.9. The minimum Gasteiger partial charge on any atom is -0.497 e. The quantitative estimate of drug-likeness (QED) is 0.245. The summed E-state index contributed by atoms with van der Waals surface area (Å²) in [5.74, 6) is 0.579. The number of methoxy groups -OCH3 is 1. The third-order valence-corrected chi connectivity index (χ3v) is 6.82. The summed E-state index contributed by atoms with van der Waals surface area (Å²) in [4.78, 5) is 30.7. The van der Waals surface area contributed by atoms with Crippen LogP contribution in [-0.4, -0.2) is 45.9 Å². The van der Waals surface area contributed by atoms with Gasteiger partial charge in [0.05, 0.1) is 13.7 Å². The van der Waals surface area contributed by atoms with Crippen molar-refractivity contribution in [1.29, 1.82) is 0 Å². The monoisotopic (exact) mass is 523 g/mol. The molecule has 0 aliphatic carbocycles. The van der Waals surface area contributed by atoms with Crippen molar-refractivity contribution >= 4 is 11.8 Å². The van der Waals surface area contributed by atoms with E-state index in [0.717, 1.165) is 28.1 Å². The molecular formula is C33H37N3O3. The van der Waals surface area contributed by atoms with Crippen LogP contribution in [0.4, 0.5) is 0 Å². The van der Waals surface area contributed by atoms with Crippen LogP contribution in [0, 0.1) is 6.92 Å². The number of aryl methyl sites for hydroxylation is 1. The van der Waals surface area contributed by atoms with Crippen LogP contribution in [0.15, 0.2) is 97.2 Å². The number of carbonyl (C=O) groups is 2. The Morgan fingerprint density at radius 1 is 0.846 bits per heavy atom. The van der Waals surface area contributed by atoms with Crippen LogP contribution >= 0.6 is 0 Å². The second-order valence-corrected chi connectivity index (χ2v) is 10.1. The van der Waals surface area contributed by atoms with Gasteiger partial charge in [-0.3, -0.25) is 9.59 Å². The van der Waals surface area contributed by atoms with Gasteiger partial charge in [0.15, 0.2) is 0 Å². The molecule has 0 radical (unpaired) electrons. The summed E-state index contributed by atoms with van der Waals surface area (Å²) in [6.07, 6.45) is 2.03. The Bertz CT molecular complexity index is 1380. The van der Waals surface area contributed by atoms with Gasteiger partial charge < -0.3 is 19.1 Å². The second-order valence-electron chi connectivity index (χ2n) is 10.1. The number of hydrogen-bond donors (Lipinski definition) is 0. The van der Waals surface area contributed by atoms with Crippen LogP contribution in [0.25, 0.3) is 0 Å². The fourth-order valence-corrected chi connectivity index (χ4v) is 4.54. The minimum atomic E-state index is -0.139. The van der Waals surface area contributed by atoms with Gasteiger partial charge in [0.1, 0.15) is 12.3 Å². The highest BCUT2D eigenvalue weighted by Gasteiger charge is 2.25. The first-order valence-electron chi connectivity index (χ1n) is 13.3. The molecule has 1 aromatic heterocycles. The first kappa shape index (κ1) is 27.7. The molecule has 0 spiro atoms. The number of benzene rings is 3. The van der Waals surface area contributed by atoms with E-state index >= 15 is 0 Å². The largest absolute Gasteiger partial charge is 0.497 e. The molecule has 1 heterocycles. The van der Waals surface area contributed by atoms with E-state index in [-0.39, 0.29) is 24.4 Å². The van der Waals surface area contributed by atoms with Crippen LogP contribution in [0.2, 0.25) is 0 Å². The number of amides is 2. The molecule has 4 rings (SSSR count). The highest BCUT2D eigenvalue weighted by molar-refractivity contribution is 5.96. The maximum absolute atomic E-state index is 13.8. The predicted molar refractivity (Wildman–Crippen MR) is 155 cm³/mol. The van der Waals surface area contributed by atoms with Crippen LogP contribution in [0.5, 0.6) is 5.75 Å². The smallest absolute Gasteiger partial charge is 0.254 e. The zero-order valence-corrected chi connectivity index (χ0v) is 23.2. The first-order chi connectivity index (χ1) is 18.8. The molecule has 0 N–H and O–H groups in total. The van der Waals surface area contributed by atoms with Gasteiger partial charge in [-0.25, -0.2) is 0 Å². The summed E-state index contributed by atoms with van der Waals surface area (Å²) in [6, 6.07) is 29.4. The van der Waals surface area contributed by atoms with Gasteiger partial charge in [0.25, 0.3) is 5.91 Å². The molecule has 6 nitrogen and oxygen atoms in total. The topological polar surface area (TPSA) is 54.8 Å². The maximum atomic E-state index is 13.8. The van der Waals surface area contributed by atoms with Gasteiger partial charge in [-0.1, -0.05) is 60.2 Å². The molecular weight excluding hydrogens is 486 g/mol. The molecule has 0 bridgehead atoms. The fraction of sp³-hybridized carbons (Fsp3) is 0.273. The Labute approximate surface area is 231 Å². The van der Waals surface area contributed by atoms with E-state index < -0.39 is 0 Å². The molecule has 0 aliphatic heterocycles. The minimum absolute atomic E-state index is 0.00774. The summed E-state index contributed by atoms with van der Waals surface area (Å²) in [6.45, 7) is 7.43. The Hall–Kier alpha value is -4.32. The zero-order chi connectivity index (χ0) is 27.8. The van der Waals surface area contributed by atoms with Crippen molar-refractivity contribution in [3.8, 4) is 5.75 Å². The summed E-state index contributed by atoms with van der Waals surface area (Å²) in [5.41, 5.74) is 4.84. The van der Waals surface area contributed by atoms with E-state index in [0.29, 0.717) is 25.2 Å². The second kappa shape index (κ2) is 13.0. The number of ether oxygens (including phenoxy) is 1. The average molecular weight is 524 g/mol. The molecule has 0 saturated carbocycles. The van der Waals surface area contributed by atoms with Crippen molar-refractivity contribution < 1.29 is 14.3 Å². The molecule has 0 fully saturated rings. The van der Waals surface area contributed by atoms with E-state index in [1.165, 1.54) is 0 Å². The molecule has 6 heteroatoms. The van der Waals surface area contributed by atoms with Crippen molar-refractivity contribution in [2.75, 3.05) is 13.7 Å². The van der Waals surface area contributed by atoms with Gasteiger partial charge in [-0.2, -0.15) is 0 Å². The molecule has 2 amide bonds. The van der Waals surface area contributed by atoms with Crippen molar-refractivity contribution in [2.24, 2.45) is 0 Å². The lowest BCUT2D eigenvalue weighted by Crippen LogP contribution is -2.45. The number of carbonyl (C=O) groups excluding carboxylic acids is 2. The highest BCUT2D eigenvalue weighted by Crippen LogP contribution is 2.18. The van der Waals surface area contributed by atoms with Gasteiger partial charge in [0, 0.05) is 36.6 Å². The van der Waals surface area contributed by atoms with Crippen LogP contribution in [0.1, 0.15) is 46.6 Å². The number of hydrogen-bond acceptors (Lipinski definition) is 3. The van der Waals surface area contributed by atoms with Crippen molar-refractivity contribution in [3.05, 3.63) is 125 Å². The molecule has 3 aromatic carbocycles. The Morgan fingerprint density at radius 2 is 1.56 bits per heavy atom. The summed E-state index contributed by atoms with van der Waals surface area (Å²) in [5, 5.41) is 0. The van der Waals surface area contributed by atoms with E-state index in [2.05, 4.69) is 10.6 Å². The molecule has 0 atom stereocenters. The number of rotatable bonds is 11. The van der Waals surface area contributed by atoms with Crippen LogP contribution in [0.3, 0.4) is 0 Å². The average Bonchev–Trinajstić information content (AvgIpc) is 3.38. The number of aromatic nitrogens is 1. The van der Waals surface area contributed by atoms with Crippen LogP contribution in [-0.2, 0) is 24.4 Å². The van der Waals surface area contributed by atoms with Crippen molar-refractivity contribution in [1.82, 2.24) is 14.4 Å². The lowest BCUT2D eigenvalue weighted by Gasteiger charge is -2.30. The molecule has 0 unspecified atom stereocenters. The molecule has 39 heavy (non-hydrogen) atoms. The highest BCUT2D eigenvalue weighted by atomic mass is 16.5. The molecule has 202 valence electrons. The van der Waals surface area contributed by atoms with Gasteiger partial charge in [-0.15, -0.1) is 0 Å². The third-order valence-electron chi connectivity index (χ3n) is 6.82. The third kappa shape index (κ3) is 7.38. The van der Waals surface area contributed by atoms with Gasteiger partial charge >= 0.3 is 0 Å². The predicted octanol–water partition coefficient (Wildman–Crippen LogP) is 5.93. The summed E-state index contributed by atoms with van der Waals surface area (Å²) in [7, 11) is 1.66. The summed E-state index contributed by atoms with van der Waals surface area (Å²) < 4.78 is 7.54. The van der Waals surface area contributed by atoms with Crippen molar-refractivity contribution in [3.63, 3.8) is 0 Å². The molecule has 0 aliphatic rings. The summed E-state index contributed by atoms with van der Waals surface area (Å²) >= 11 is 0. The lowest BCUT2D eigenvalue weighted by molar-refractivity contribution is -0.133. The first-order valence-corrected chi connectivity index (χ1v) is 13.3. The van der Waals surface area contributed by atoms with Crippen LogP contribution < -0.4 is 4.74 Å². The Kier molecular flexibility index (Phi) is 9.21. The Balaban J connectivity index is 1.56. The van der Waals surface area contributed by atoms with E-state index in [1.807, 2.05) is 117 Å². The Morgan fingerprint density at radius 3 is 2.26 bits per heavy atom. The zero-order valence-electron chi connectivity index (χ0n) is 23.2. The van der Waals surface area contributed by atoms with Gasteiger partial charge in [0.2, 0.25) is 5.91 Å². The SMILES string of the molecule is COc1cccc(Cn2cccc2CN(Cc2ccccc2)C(=O)CN(C(=O)c2ccc(C)cc2)C(C)C)c1. The van der Waals surface area contributed by atoms with E-state index in [9.17, 15) is 9.59 Å². The molecule has 0 saturated heterocycles. The number of nitrogens with zero attached hydrogens (tertiary/aromatic N) is 3. The van der Waals surface area contributed by atoms with E-state index in [4.69, 9.17) is 4.74 Å². The van der Waals surface area contributed by atoms with Crippen molar-refractivity contribution in [2.45, 2.75) is 46.4 Å². The maximum Gasteiger partial charge on any atom is 0.254 e. The van der Waals surface area contributed by atoms with Gasteiger partial charge in [-0.05, 0) is 68.3 Å². The fourth-order valence-electron chi connectivity index (χ4n) is 4.54. The lowest BCUT2D eigenvalue weighted by atomic mass is 10.1.